The third-order valence-corrected chi connectivity index (χ3v) is 5.13. The van der Waals surface area contributed by atoms with Crippen LogP contribution >= 0.6 is 11.3 Å². The quantitative estimate of drug-likeness (QED) is 0.604. The van der Waals surface area contributed by atoms with Crippen molar-refractivity contribution in [3.8, 4) is 11.5 Å². The summed E-state index contributed by atoms with van der Waals surface area (Å²) in [5.74, 6) is -1.31. The highest BCUT2D eigenvalue weighted by atomic mass is 32.2. The number of fused-ring (bicyclic) bond motifs is 1. The summed E-state index contributed by atoms with van der Waals surface area (Å²) in [7, 11) is -0.641. The SMILES string of the molecule is COc1ccnc(CS(=O)c2nc3cscc3[nH]2)c1OC(F)(F)C(F)F. The fourth-order valence-corrected chi connectivity index (χ4v) is 3.76. The number of rotatable bonds is 7. The fourth-order valence-electron chi connectivity index (χ4n) is 2.05. The second-order valence-corrected chi connectivity index (χ2v) is 7.07. The Morgan fingerprint density at radius 2 is 2.15 bits per heavy atom. The van der Waals surface area contributed by atoms with Gasteiger partial charge in [0.15, 0.2) is 16.7 Å². The lowest BCUT2D eigenvalue weighted by molar-refractivity contribution is -0.253. The molecule has 1 atom stereocenters. The number of ether oxygens (including phenoxy) is 2. The summed E-state index contributed by atoms with van der Waals surface area (Å²) in [5, 5.41) is 3.62. The van der Waals surface area contributed by atoms with Gasteiger partial charge in [0, 0.05) is 23.0 Å². The number of methoxy groups -OCH3 is 1. The van der Waals surface area contributed by atoms with Gasteiger partial charge in [-0.2, -0.15) is 17.6 Å². The van der Waals surface area contributed by atoms with E-state index in [1.54, 1.807) is 10.8 Å². The number of pyridine rings is 1. The molecule has 0 aliphatic heterocycles. The van der Waals surface area contributed by atoms with Crippen LogP contribution in [0.4, 0.5) is 17.6 Å². The zero-order chi connectivity index (χ0) is 18.9. The molecule has 3 aromatic heterocycles. The number of nitrogens with zero attached hydrogens (tertiary/aromatic N) is 2. The van der Waals surface area contributed by atoms with Crippen molar-refractivity contribution in [1.82, 2.24) is 15.0 Å². The molecule has 3 rings (SSSR count). The highest BCUT2D eigenvalue weighted by Gasteiger charge is 2.45. The molecule has 0 radical (unpaired) electrons. The molecule has 140 valence electrons. The van der Waals surface area contributed by atoms with E-state index < -0.39 is 29.1 Å². The molecule has 1 unspecified atom stereocenters. The van der Waals surface area contributed by atoms with E-state index in [2.05, 4.69) is 19.7 Å². The summed E-state index contributed by atoms with van der Waals surface area (Å²) in [5.41, 5.74) is 1.07. The van der Waals surface area contributed by atoms with Gasteiger partial charge in [-0.15, -0.1) is 11.3 Å². The molecular weight excluding hydrogens is 398 g/mol. The van der Waals surface area contributed by atoms with Gasteiger partial charge >= 0.3 is 12.5 Å². The van der Waals surface area contributed by atoms with Crippen molar-refractivity contribution in [3.05, 3.63) is 28.7 Å². The first-order chi connectivity index (χ1) is 12.3. The third-order valence-electron chi connectivity index (χ3n) is 3.24. The van der Waals surface area contributed by atoms with Gasteiger partial charge in [0.05, 0.1) is 34.9 Å². The Balaban J connectivity index is 1.91. The van der Waals surface area contributed by atoms with Gasteiger partial charge in [0.25, 0.3) is 0 Å². The molecule has 1 N–H and O–H groups in total. The molecule has 12 heteroatoms. The summed E-state index contributed by atoms with van der Waals surface area (Å²) in [6.45, 7) is 0. The summed E-state index contributed by atoms with van der Waals surface area (Å²) in [6, 6.07) is 1.17. The van der Waals surface area contributed by atoms with Crippen molar-refractivity contribution in [3.63, 3.8) is 0 Å². The van der Waals surface area contributed by atoms with Crippen LogP contribution in [-0.4, -0.2) is 38.8 Å². The van der Waals surface area contributed by atoms with Crippen molar-refractivity contribution < 1.29 is 31.2 Å². The smallest absolute Gasteiger partial charge is 0.461 e. The van der Waals surface area contributed by atoms with Gasteiger partial charge in [-0.3, -0.25) is 9.19 Å². The van der Waals surface area contributed by atoms with E-state index in [4.69, 9.17) is 4.74 Å². The van der Waals surface area contributed by atoms with E-state index in [9.17, 15) is 21.8 Å². The normalized spacial score (nSPS) is 13.3. The van der Waals surface area contributed by atoms with Crippen LogP contribution in [0.15, 0.2) is 28.2 Å². The van der Waals surface area contributed by atoms with Crippen LogP contribution in [0.25, 0.3) is 11.0 Å². The Bertz CT molecular complexity index is 916. The van der Waals surface area contributed by atoms with Crippen LogP contribution in [0.2, 0.25) is 0 Å². The summed E-state index contributed by atoms with van der Waals surface area (Å²) in [6.07, 6.45) is -7.60. The number of H-pyrrole nitrogens is 1. The summed E-state index contributed by atoms with van der Waals surface area (Å²) >= 11 is 1.40. The van der Waals surface area contributed by atoms with E-state index >= 15 is 0 Å². The number of imidazole rings is 1. The van der Waals surface area contributed by atoms with E-state index in [0.29, 0.717) is 11.0 Å². The van der Waals surface area contributed by atoms with E-state index in [-0.39, 0.29) is 22.4 Å². The molecule has 0 bridgehead atoms. The number of alkyl halides is 4. The van der Waals surface area contributed by atoms with Crippen LogP contribution in [-0.2, 0) is 16.6 Å². The lowest BCUT2D eigenvalue weighted by Gasteiger charge is -2.20. The van der Waals surface area contributed by atoms with Crippen LogP contribution in [0.3, 0.4) is 0 Å². The Labute approximate surface area is 150 Å². The minimum atomic E-state index is -4.75. The molecule has 0 fully saturated rings. The van der Waals surface area contributed by atoms with Crippen LogP contribution in [0.5, 0.6) is 11.5 Å². The molecule has 0 saturated carbocycles. The zero-order valence-electron chi connectivity index (χ0n) is 13.0. The molecule has 26 heavy (non-hydrogen) atoms. The highest BCUT2D eigenvalue weighted by molar-refractivity contribution is 7.84. The highest BCUT2D eigenvalue weighted by Crippen LogP contribution is 2.36. The lowest BCUT2D eigenvalue weighted by Crippen LogP contribution is -2.34. The van der Waals surface area contributed by atoms with E-state index in [0.717, 1.165) is 7.11 Å². The van der Waals surface area contributed by atoms with Gasteiger partial charge in [-0.25, -0.2) is 4.98 Å². The molecule has 0 aliphatic carbocycles. The number of aromatic nitrogens is 3. The Morgan fingerprint density at radius 3 is 2.81 bits per heavy atom. The molecule has 3 heterocycles. The first kappa shape index (κ1) is 18.6. The Hall–Kier alpha value is -2.21. The van der Waals surface area contributed by atoms with Crippen LogP contribution < -0.4 is 9.47 Å². The molecule has 6 nitrogen and oxygen atoms in total. The lowest BCUT2D eigenvalue weighted by atomic mass is 10.3. The minimum absolute atomic E-state index is 0.110. The first-order valence-electron chi connectivity index (χ1n) is 6.99. The van der Waals surface area contributed by atoms with E-state index in [1.165, 1.54) is 23.6 Å². The fraction of sp³-hybridized carbons (Fsp3) is 0.286. The summed E-state index contributed by atoms with van der Waals surface area (Å²) < 4.78 is 73.1. The maximum atomic E-state index is 13.3. The van der Waals surface area contributed by atoms with Gasteiger partial charge in [0.2, 0.25) is 0 Å². The largest absolute Gasteiger partial charge is 0.493 e. The van der Waals surface area contributed by atoms with Crippen molar-refractivity contribution in [1.29, 1.82) is 0 Å². The second kappa shape index (κ2) is 7.19. The van der Waals surface area contributed by atoms with Gasteiger partial charge in [0.1, 0.15) is 5.52 Å². The number of hydrogen-bond donors (Lipinski definition) is 1. The van der Waals surface area contributed by atoms with E-state index in [1.807, 2.05) is 0 Å². The molecule has 0 saturated heterocycles. The van der Waals surface area contributed by atoms with Crippen molar-refractivity contribution in [2.75, 3.05) is 7.11 Å². The maximum Gasteiger partial charge on any atom is 0.461 e. The monoisotopic (exact) mass is 409 g/mol. The zero-order valence-corrected chi connectivity index (χ0v) is 14.7. The van der Waals surface area contributed by atoms with Gasteiger partial charge < -0.3 is 14.5 Å². The molecule has 3 aromatic rings. The first-order valence-corrected chi connectivity index (χ1v) is 9.25. The van der Waals surface area contributed by atoms with Gasteiger partial charge in [-0.1, -0.05) is 0 Å². The number of thiophene rings is 1. The van der Waals surface area contributed by atoms with Crippen molar-refractivity contribution >= 4 is 33.2 Å². The molecule has 0 aromatic carbocycles. The Morgan fingerprint density at radius 1 is 1.38 bits per heavy atom. The number of hydrogen-bond acceptors (Lipinski definition) is 6. The molecule has 0 aliphatic rings. The predicted molar refractivity (Wildman–Crippen MR) is 86.5 cm³/mol. The number of nitrogens with one attached hydrogen (secondary N) is 1. The average molecular weight is 409 g/mol. The number of aromatic amines is 1. The van der Waals surface area contributed by atoms with Crippen molar-refractivity contribution in [2.24, 2.45) is 0 Å². The predicted octanol–water partition coefficient (Wildman–Crippen LogP) is 3.57. The standard InChI is InChI=1S/C14H11F4N3O3S2/c1-23-10-2-3-19-9(11(10)24-14(17,18)12(15)16)6-26(22)13-20-7-4-25-5-8(7)21-13/h2-5,12H,6H2,1H3,(H,20,21). The molecular formula is C14H11F4N3O3S2. The van der Waals surface area contributed by atoms with Gasteiger partial charge in [-0.05, 0) is 0 Å². The number of halogens is 4. The maximum absolute atomic E-state index is 13.3. The molecule has 0 spiro atoms. The second-order valence-electron chi connectivity index (χ2n) is 4.96. The minimum Gasteiger partial charge on any atom is -0.493 e. The summed E-state index contributed by atoms with van der Waals surface area (Å²) in [4.78, 5) is 10.8. The third kappa shape index (κ3) is 3.65. The van der Waals surface area contributed by atoms with Crippen molar-refractivity contribution in [2.45, 2.75) is 23.4 Å². The molecule has 0 amide bonds. The topological polar surface area (TPSA) is 77.1 Å². The van der Waals surface area contributed by atoms with Crippen LogP contribution in [0.1, 0.15) is 5.69 Å². The van der Waals surface area contributed by atoms with Crippen LogP contribution in [0, 0.1) is 0 Å². The average Bonchev–Trinajstić information content (AvgIpc) is 3.17. The Kier molecular flexibility index (Phi) is 5.14.